The number of phenolic OH excluding ortho intramolecular Hbond substituents is 1. The second-order valence-electron chi connectivity index (χ2n) is 10.8. The summed E-state index contributed by atoms with van der Waals surface area (Å²) in [6, 6.07) is 4.95. The molecule has 35 heavy (non-hydrogen) atoms. The summed E-state index contributed by atoms with van der Waals surface area (Å²) in [6.45, 7) is 7.15. The lowest BCUT2D eigenvalue weighted by Gasteiger charge is -2.42. The molecule has 1 aliphatic heterocycles. The van der Waals surface area contributed by atoms with Gasteiger partial charge in [0.2, 0.25) is 11.8 Å². The van der Waals surface area contributed by atoms with E-state index in [9.17, 15) is 24.3 Å². The second kappa shape index (κ2) is 7.77. The molecule has 4 atom stereocenters. The number of ketones is 2. The van der Waals surface area contributed by atoms with Crippen molar-refractivity contribution >= 4 is 23.4 Å². The zero-order chi connectivity index (χ0) is 25.4. The van der Waals surface area contributed by atoms with E-state index in [0.29, 0.717) is 34.5 Å². The first-order valence-corrected chi connectivity index (χ1v) is 11.9. The first-order chi connectivity index (χ1) is 16.5. The first-order valence-electron chi connectivity index (χ1n) is 11.9. The summed E-state index contributed by atoms with van der Waals surface area (Å²) < 4.78 is 5.18. The van der Waals surface area contributed by atoms with Crippen molar-refractivity contribution in [3.05, 3.63) is 58.2 Å². The van der Waals surface area contributed by atoms with Crippen LogP contribution in [0.3, 0.4) is 0 Å². The van der Waals surface area contributed by atoms with Crippen molar-refractivity contribution in [2.45, 2.75) is 52.0 Å². The van der Waals surface area contributed by atoms with Crippen LogP contribution in [-0.2, 0) is 19.2 Å². The highest BCUT2D eigenvalue weighted by molar-refractivity contribution is 6.23. The van der Waals surface area contributed by atoms with Gasteiger partial charge in [0.1, 0.15) is 0 Å². The molecule has 4 aliphatic rings. The molecule has 5 rings (SSSR count). The van der Waals surface area contributed by atoms with Crippen molar-refractivity contribution in [2.24, 2.45) is 17.8 Å². The average Bonchev–Trinajstić information content (AvgIpc) is 3.06. The lowest BCUT2D eigenvalue weighted by atomic mass is 9.59. The first kappa shape index (κ1) is 23.3. The smallest absolute Gasteiger partial charge is 0.234 e. The molecule has 0 aromatic heterocycles. The molecule has 182 valence electrons. The molecule has 1 N–H and O–H groups in total. The van der Waals surface area contributed by atoms with Crippen molar-refractivity contribution in [1.29, 1.82) is 0 Å². The van der Waals surface area contributed by atoms with E-state index in [1.54, 1.807) is 25.1 Å². The lowest BCUT2D eigenvalue weighted by Crippen LogP contribution is -2.46. The molecule has 2 amide bonds. The molecular formula is C28H29NO6. The van der Waals surface area contributed by atoms with Crippen LogP contribution in [0, 0.1) is 17.8 Å². The van der Waals surface area contributed by atoms with Gasteiger partial charge >= 0.3 is 0 Å². The van der Waals surface area contributed by atoms with Crippen molar-refractivity contribution < 1.29 is 29.0 Å². The standard InChI is InChI=1S/C28H29NO6/c1-13-10-20(31)24-18(25(13)32)12-17-15(22(24)14-6-9-21(35-5)19(30)11-14)7-8-16-23(17)27(34)29(26(16)33)28(2,3)4/h6-7,9-11,16-17,22-23,30H,8,12H2,1-5H3. The number of benzene rings is 1. The van der Waals surface area contributed by atoms with Crippen LogP contribution in [0.1, 0.15) is 52.0 Å². The van der Waals surface area contributed by atoms with E-state index in [2.05, 4.69) is 0 Å². The molecule has 7 heteroatoms. The van der Waals surface area contributed by atoms with Gasteiger partial charge in [-0.2, -0.15) is 0 Å². The summed E-state index contributed by atoms with van der Waals surface area (Å²) >= 11 is 0. The fraction of sp³-hybridized carbons (Fsp3) is 0.429. The van der Waals surface area contributed by atoms with Crippen LogP contribution >= 0.6 is 0 Å². The molecule has 4 unspecified atom stereocenters. The number of hydrogen-bond acceptors (Lipinski definition) is 6. The highest BCUT2D eigenvalue weighted by Crippen LogP contribution is 2.56. The maximum Gasteiger partial charge on any atom is 0.234 e. The number of fused-ring (bicyclic) bond motifs is 3. The van der Waals surface area contributed by atoms with Gasteiger partial charge in [0.15, 0.2) is 23.1 Å². The summed E-state index contributed by atoms with van der Waals surface area (Å²) in [5.41, 5.74) is 2.03. The van der Waals surface area contributed by atoms with Crippen molar-refractivity contribution in [1.82, 2.24) is 4.90 Å². The van der Waals surface area contributed by atoms with Gasteiger partial charge in [-0.1, -0.05) is 17.7 Å². The normalized spacial score (nSPS) is 28.4. The molecule has 1 aromatic rings. The zero-order valence-electron chi connectivity index (χ0n) is 20.5. The Labute approximate surface area is 204 Å². The van der Waals surface area contributed by atoms with E-state index in [-0.39, 0.29) is 41.5 Å². The van der Waals surface area contributed by atoms with Crippen LogP contribution in [0.5, 0.6) is 11.5 Å². The predicted octanol–water partition coefficient (Wildman–Crippen LogP) is 3.63. The van der Waals surface area contributed by atoms with Crippen LogP contribution in [0.15, 0.2) is 52.6 Å². The Hall–Kier alpha value is -3.48. The summed E-state index contributed by atoms with van der Waals surface area (Å²) in [6.07, 6.45) is 3.98. The molecule has 0 radical (unpaired) electrons. The van der Waals surface area contributed by atoms with Gasteiger partial charge in [0.05, 0.1) is 18.9 Å². The van der Waals surface area contributed by atoms with E-state index < -0.39 is 23.3 Å². The number of rotatable bonds is 2. The Morgan fingerprint density at radius 3 is 2.40 bits per heavy atom. The van der Waals surface area contributed by atoms with Crippen molar-refractivity contribution in [3.63, 3.8) is 0 Å². The SMILES string of the molecule is COc1ccc(C2C3=CCC4C(=O)N(C(C)(C)C)C(=O)C4C3CC3=C2C(=O)C=C(C)C3=O)cc1O. The van der Waals surface area contributed by atoms with E-state index in [0.717, 1.165) is 5.57 Å². The number of methoxy groups -OCH3 is 1. The molecule has 1 heterocycles. The highest BCUT2D eigenvalue weighted by atomic mass is 16.5. The van der Waals surface area contributed by atoms with Crippen LogP contribution in [0.25, 0.3) is 0 Å². The third-order valence-corrected chi connectivity index (χ3v) is 7.77. The summed E-state index contributed by atoms with van der Waals surface area (Å²) in [5.74, 6) is -2.64. The molecule has 1 aromatic carbocycles. The topological polar surface area (TPSA) is 101 Å². The number of carbonyl (C=O) groups is 4. The Kier molecular flexibility index (Phi) is 5.16. The number of ether oxygens (including phenoxy) is 1. The van der Waals surface area contributed by atoms with E-state index in [4.69, 9.17) is 4.74 Å². The molecular weight excluding hydrogens is 446 g/mol. The van der Waals surface area contributed by atoms with E-state index in [1.807, 2.05) is 26.8 Å². The summed E-state index contributed by atoms with van der Waals surface area (Å²) in [5, 5.41) is 10.5. The van der Waals surface area contributed by atoms with Crippen molar-refractivity contribution in [2.75, 3.05) is 7.11 Å². The van der Waals surface area contributed by atoms with E-state index in [1.165, 1.54) is 18.1 Å². The van der Waals surface area contributed by atoms with Crippen molar-refractivity contribution in [3.8, 4) is 11.5 Å². The number of aromatic hydroxyl groups is 1. The van der Waals surface area contributed by atoms with Gasteiger partial charge in [-0.15, -0.1) is 0 Å². The van der Waals surface area contributed by atoms with Gasteiger partial charge in [-0.25, -0.2) is 0 Å². The Morgan fingerprint density at radius 2 is 1.77 bits per heavy atom. The minimum atomic E-state index is -0.651. The molecule has 0 bridgehead atoms. The van der Waals surface area contributed by atoms with Crippen LogP contribution in [0.4, 0.5) is 0 Å². The molecule has 7 nitrogen and oxygen atoms in total. The maximum absolute atomic E-state index is 13.6. The molecule has 0 saturated carbocycles. The fourth-order valence-corrected chi connectivity index (χ4v) is 6.31. The van der Waals surface area contributed by atoms with Gasteiger partial charge in [-0.05, 0) is 70.2 Å². The molecule has 3 aliphatic carbocycles. The summed E-state index contributed by atoms with van der Waals surface area (Å²) in [7, 11) is 1.45. The van der Waals surface area contributed by atoms with Crippen LogP contribution < -0.4 is 4.74 Å². The number of imide groups is 1. The minimum absolute atomic E-state index is 0.0732. The lowest BCUT2D eigenvalue weighted by molar-refractivity contribution is -0.145. The highest BCUT2D eigenvalue weighted by Gasteiger charge is 2.58. The summed E-state index contributed by atoms with van der Waals surface area (Å²) in [4.78, 5) is 54.8. The monoisotopic (exact) mass is 475 g/mol. The third-order valence-electron chi connectivity index (χ3n) is 7.77. The third kappa shape index (κ3) is 3.32. The molecule has 1 saturated heterocycles. The van der Waals surface area contributed by atoms with Gasteiger partial charge in [0, 0.05) is 28.2 Å². The number of phenols is 1. The Balaban J connectivity index is 1.69. The predicted molar refractivity (Wildman–Crippen MR) is 128 cm³/mol. The fourth-order valence-electron chi connectivity index (χ4n) is 6.31. The van der Waals surface area contributed by atoms with E-state index >= 15 is 0 Å². The average molecular weight is 476 g/mol. The largest absolute Gasteiger partial charge is 0.504 e. The quantitative estimate of drug-likeness (QED) is 0.398. The zero-order valence-corrected chi connectivity index (χ0v) is 20.5. The molecule has 1 fully saturated rings. The second-order valence-corrected chi connectivity index (χ2v) is 10.8. The van der Waals surface area contributed by atoms with Crippen LogP contribution in [-0.4, -0.2) is 46.0 Å². The number of amides is 2. The Bertz CT molecular complexity index is 1290. The number of carbonyl (C=O) groups excluding carboxylic acids is 4. The van der Waals surface area contributed by atoms with Gasteiger partial charge in [-0.3, -0.25) is 24.1 Å². The number of hydrogen-bond donors (Lipinski definition) is 1. The van der Waals surface area contributed by atoms with Gasteiger partial charge in [0.25, 0.3) is 0 Å². The number of allylic oxidation sites excluding steroid dienone is 6. The Morgan fingerprint density at radius 1 is 1.06 bits per heavy atom. The number of nitrogens with zero attached hydrogens (tertiary/aromatic N) is 1. The molecule has 0 spiro atoms. The minimum Gasteiger partial charge on any atom is -0.504 e. The number of Topliss-reactive ketones (excluding diaryl/α,β-unsaturated/α-hetero) is 1. The number of likely N-dealkylation sites (tertiary alicyclic amines) is 1. The van der Waals surface area contributed by atoms with Gasteiger partial charge < -0.3 is 9.84 Å². The maximum atomic E-state index is 13.6. The van der Waals surface area contributed by atoms with Crippen LogP contribution in [0.2, 0.25) is 0 Å².